The zero-order valence-corrected chi connectivity index (χ0v) is 27.8. The van der Waals surface area contributed by atoms with Crippen LogP contribution in [0.1, 0.15) is 60.9 Å². The molecule has 0 saturated carbocycles. The van der Waals surface area contributed by atoms with Crippen molar-refractivity contribution in [2.75, 3.05) is 39.9 Å². The van der Waals surface area contributed by atoms with Crippen LogP contribution >= 0.6 is 11.3 Å². The highest BCUT2D eigenvalue weighted by atomic mass is 32.1. The summed E-state index contributed by atoms with van der Waals surface area (Å²) in [5.41, 5.74) is 9.77. The number of nitrogens with zero attached hydrogens (tertiary/aromatic N) is 3. The number of benzene rings is 2. The summed E-state index contributed by atoms with van der Waals surface area (Å²) < 4.78 is 5.50. The second kappa shape index (κ2) is 18.0. The Morgan fingerprint density at radius 3 is 2.22 bits per heavy atom. The van der Waals surface area contributed by atoms with E-state index in [9.17, 15) is 9.59 Å². The SMILES string of the molecule is CC(C)c1nc(CN(C)C(=O)N[C@@H](CCN2CCOCC2)C(=O)N[C@H](CC[C@@H](N)Cc2ccccc2)Cc2ccccc2)cs1. The number of carbonyl (C=O) groups excluding carboxylic acids is 2. The number of nitrogens with two attached hydrogens (primary N) is 1. The standard InChI is InChI=1S/C35H50N6O3S/c1-26(2)34-38-31(25-45-34)24-40(3)35(43)39-32(16-17-41-18-20-44-21-19-41)33(42)37-30(23-28-12-8-5-9-13-28)15-14-29(36)22-27-10-6-4-7-11-27/h4-13,25-26,29-30,32H,14-24,36H2,1-3H3,(H,37,42)(H,39,43)/t29-,30-,32+/m1/s1. The molecule has 9 nitrogen and oxygen atoms in total. The third-order valence-electron chi connectivity index (χ3n) is 8.16. The lowest BCUT2D eigenvalue weighted by Crippen LogP contribution is -2.54. The number of nitrogens with one attached hydrogen (secondary N) is 2. The Bertz CT molecular complexity index is 1300. The van der Waals surface area contributed by atoms with Crippen molar-refractivity contribution in [2.45, 2.75) is 76.5 Å². The lowest BCUT2D eigenvalue weighted by Gasteiger charge is -2.30. The molecule has 2 aromatic carbocycles. The fourth-order valence-electron chi connectivity index (χ4n) is 5.50. The van der Waals surface area contributed by atoms with Crippen molar-refractivity contribution in [3.63, 3.8) is 0 Å². The van der Waals surface area contributed by atoms with Gasteiger partial charge in [0.1, 0.15) is 6.04 Å². The molecule has 1 aliphatic heterocycles. The van der Waals surface area contributed by atoms with Crippen molar-refractivity contribution in [2.24, 2.45) is 5.73 Å². The number of amides is 3. The van der Waals surface area contributed by atoms with E-state index in [4.69, 9.17) is 10.5 Å². The van der Waals surface area contributed by atoms with Gasteiger partial charge in [-0.15, -0.1) is 11.3 Å². The van der Waals surface area contributed by atoms with Crippen molar-refractivity contribution >= 4 is 23.3 Å². The number of urea groups is 1. The van der Waals surface area contributed by atoms with Gasteiger partial charge < -0.3 is 26.0 Å². The summed E-state index contributed by atoms with van der Waals surface area (Å²) in [6.07, 6.45) is 3.49. The fraction of sp³-hybridized carbons (Fsp3) is 0.514. The molecule has 3 amide bonds. The highest BCUT2D eigenvalue weighted by Crippen LogP contribution is 2.20. The van der Waals surface area contributed by atoms with Crippen molar-refractivity contribution in [1.82, 2.24) is 25.4 Å². The number of aromatic nitrogens is 1. The van der Waals surface area contributed by atoms with Gasteiger partial charge in [-0.1, -0.05) is 74.5 Å². The molecule has 3 atom stereocenters. The lowest BCUT2D eigenvalue weighted by molar-refractivity contribution is -0.124. The van der Waals surface area contributed by atoms with Crippen molar-refractivity contribution in [3.05, 3.63) is 87.9 Å². The average Bonchev–Trinajstić information content (AvgIpc) is 3.52. The first-order chi connectivity index (χ1) is 21.8. The Kier molecular flexibility index (Phi) is 13.8. The van der Waals surface area contributed by atoms with E-state index in [1.54, 1.807) is 23.3 Å². The van der Waals surface area contributed by atoms with Crippen LogP contribution < -0.4 is 16.4 Å². The molecule has 4 N–H and O–H groups in total. The molecule has 3 aromatic rings. The van der Waals surface area contributed by atoms with Crippen LogP contribution in [0, 0.1) is 0 Å². The largest absolute Gasteiger partial charge is 0.379 e. The van der Waals surface area contributed by atoms with Crippen LogP contribution in [0.15, 0.2) is 66.0 Å². The quantitative estimate of drug-likeness (QED) is 0.213. The molecular weight excluding hydrogens is 584 g/mol. The minimum Gasteiger partial charge on any atom is -0.379 e. The number of hydrogen-bond donors (Lipinski definition) is 3. The lowest BCUT2D eigenvalue weighted by atomic mass is 9.96. The minimum absolute atomic E-state index is 0.0185. The summed E-state index contributed by atoms with van der Waals surface area (Å²) in [6, 6.07) is 19.3. The molecule has 1 saturated heterocycles. The van der Waals surface area contributed by atoms with Gasteiger partial charge in [-0.3, -0.25) is 9.69 Å². The molecule has 0 bridgehead atoms. The predicted octanol–water partition coefficient (Wildman–Crippen LogP) is 4.58. The zero-order chi connectivity index (χ0) is 32.0. The number of carbonyl (C=O) groups is 2. The minimum atomic E-state index is -0.680. The molecule has 2 heterocycles. The number of morpholine rings is 1. The van der Waals surface area contributed by atoms with E-state index in [2.05, 4.69) is 58.6 Å². The van der Waals surface area contributed by atoms with Crippen molar-refractivity contribution in [1.29, 1.82) is 0 Å². The Morgan fingerprint density at radius 1 is 0.956 bits per heavy atom. The van der Waals surface area contributed by atoms with Gasteiger partial charge in [0.2, 0.25) is 5.91 Å². The molecule has 0 radical (unpaired) electrons. The van der Waals surface area contributed by atoms with Gasteiger partial charge in [0.15, 0.2) is 0 Å². The van der Waals surface area contributed by atoms with E-state index in [1.807, 2.05) is 41.8 Å². The van der Waals surface area contributed by atoms with E-state index in [1.165, 1.54) is 5.56 Å². The monoisotopic (exact) mass is 634 g/mol. The van der Waals surface area contributed by atoms with Crippen LogP contribution in [0.2, 0.25) is 0 Å². The van der Waals surface area contributed by atoms with Crippen molar-refractivity contribution in [3.8, 4) is 0 Å². The third kappa shape index (κ3) is 11.9. The molecule has 1 aliphatic rings. The first kappa shape index (κ1) is 34.6. The van der Waals surface area contributed by atoms with Gasteiger partial charge in [0, 0.05) is 50.1 Å². The molecule has 0 unspecified atom stereocenters. The summed E-state index contributed by atoms with van der Waals surface area (Å²) in [5, 5.41) is 9.39. The van der Waals surface area contributed by atoms with E-state index in [-0.39, 0.29) is 24.0 Å². The second-order valence-corrected chi connectivity index (χ2v) is 13.2. The molecule has 4 rings (SSSR count). The maximum absolute atomic E-state index is 13.9. The number of rotatable bonds is 16. The van der Waals surface area contributed by atoms with E-state index in [0.29, 0.717) is 45.1 Å². The van der Waals surface area contributed by atoms with Crippen LogP contribution in [-0.4, -0.2) is 84.7 Å². The first-order valence-corrected chi connectivity index (χ1v) is 17.0. The van der Waals surface area contributed by atoms with Gasteiger partial charge in [-0.2, -0.15) is 0 Å². The molecule has 1 aromatic heterocycles. The Balaban J connectivity index is 1.42. The van der Waals surface area contributed by atoms with Gasteiger partial charge >= 0.3 is 6.03 Å². The number of ether oxygens (including phenoxy) is 1. The van der Waals surface area contributed by atoms with Gasteiger partial charge in [-0.25, -0.2) is 9.78 Å². The summed E-state index contributed by atoms with van der Waals surface area (Å²) in [7, 11) is 1.74. The van der Waals surface area contributed by atoms with Gasteiger partial charge in [0.25, 0.3) is 0 Å². The van der Waals surface area contributed by atoms with Crippen LogP contribution in [0.3, 0.4) is 0 Å². The molecule has 45 heavy (non-hydrogen) atoms. The Labute approximate surface area is 272 Å². The average molecular weight is 635 g/mol. The predicted molar refractivity (Wildman–Crippen MR) is 181 cm³/mol. The number of thiazole rings is 1. The van der Waals surface area contributed by atoms with Crippen LogP contribution in [0.4, 0.5) is 4.79 Å². The molecule has 0 spiro atoms. The first-order valence-electron chi connectivity index (χ1n) is 16.2. The highest BCUT2D eigenvalue weighted by molar-refractivity contribution is 7.09. The smallest absolute Gasteiger partial charge is 0.318 e. The molecule has 10 heteroatoms. The van der Waals surface area contributed by atoms with Crippen LogP contribution in [-0.2, 0) is 28.9 Å². The van der Waals surface area contributed by atoms with Gasteiger partial charge in [-0.05, 0) is 43.2 Å². The van der Waals surface area contributed by atoms with E-state index >= 15 is 0 Å². The van der Waals surface area contributed by atoms with Crippen LogP contribution in [0.25, 0.3) is 0 Å². The summed E-state index contributed by atoms with van der Waals surface area (Å²) in [6.45, 7) is 8.29. The summed E-state index contributed by atoms with van der Waals surface area (Å²) >= 11 is 1.61. The normalized spacial score (nSPS) is 15.8. The maximum Gasteiger partial charge on any atom is 0.318 e. The molecular formula is C35H50N6O3S. The summed E-state index contributed by atoms with van der Waals surface area (Å²) in [5.74, 6) is 0.172. The summed E-state index contributed by atoms with van der Waals surface area (Å²) in [4.78, 5) is 35.8. The number of hydrogen-bond acceptors (Lipinski definition) is 7. The highest BCUT2D eigenvalue weighted by Gasteiger charge is 2.26. The Hall–Kier alpha value is -3.31. The van der Waals surface area contributed by atoms with E-state index in [0.717, 1.165) is 48.6 Å². The Morgan fingerprint density at radius 2 is 1.60 bits per heavy atom. The van der Waals surface area contributed by atoms with E-state index < -0.39 is 6.04 Å². The fourth-order valence-corrected chi connectivity index (χ4v) is 6.33. The maximum atomic E-state index is 13.9. The van der Waals surface area contributed by atoms with Crippen LogP contribution in [0.5, 0.6) is 0 Å². The van der Waals surface area contributed by atoms with Gasteiger partial charge in [0.05, 0.1) is 30.5 Å². The second-order valence-electron chi connectivity index (χ2n) is 12.4. The molecule has 1 fully saturated rings. The third-order valence-corrected chi connectivity index (χ3v) is 9.35. The van der Waals surface area contributed by atoms with Crippen molar-refractivity contribution < 1.29 is 14.3 Å². The zero-order valence-electron chi connectivity index (χ0n) is 27.0. The topological polar surface area (TPSA) is 113 Å². The molecule has 0 aliphatic carbocycles. The molecule has 244 valence electrons.